The lowest BCUT2D eigenvalue weighted by Gasteiger charge is -2.18. The van der Waals surface area contributed by atoms with Gasteiger partial charge in [-0.05, 0) is 36.8 Å². The molecule has 2 amide bonds. The molecule has 5 heteroatoms. The molecule has 0 fully saturated rings. The van der Waals surface area contributed by atoms with Crippen LogP contribution in [0.15, 0.2) is 47.7 Å². The molecule has 1 aromatic rings. The van der Waals surface area contributed by atoms with E-state index >= 15 is 0 Å². The van der Waals surface area contributed by atoms with Crippen LogP contribution in [0.1, 0.15) is 13.8 Å². The van der Waals surface area contributed by atoms with Crippen LogP contribution >= 0.6 is 0 Å². The Kier molecular flexibility index (Phi) is 3.40. The summed E-state index contributed by atoms with van der Waals surface area (Å²) in [7, 11) is 0. The van der Waals surface area contributed by atoms with Gasteiger partial charge in [0.2, 0.25) is 5.91 Å². The van der Waals surface area contributed by atoms with Gasteiger partial charge in [-0.25, -0.2) is 0 Å². The fraction of sp³-hybridized carbons (Fsp3) is 0.133. The van der Waals surface area contributed by atoms with E-state index in [4.69, 9.17) is 5.26 Å². The van der Waals surface area contributed by atoms with E-state index in [1.54, 1.807) is 31.2 Å². The lowest BCUT2D eigenvalue weighted by atomic mass is 10.2. The Hall–Kier alpha value is -2.87. The lowest BCUT2D eigenvalue weighted by molar-refractivity contribution is -0.114. The number of nitrogens with zero attached hydrogens (tertiary/aromatic N) is 2. The van der Waals surface area contributed by atoms with Crippen LogP contribution in [0.2, 0.25) is 0 Å². The molecule has 0 saturated carbocycles. The maximum absolute atomic E-state index is 12.1. The number of carbonyl (C=O) groups is 2. The number of hydrogen-bond donors (Lipinski definition) is 1. The zero-order valence-corrected chi connectivity index (χ0v) is 11.2. The standard InChI is InChI=1S/C15H13N3O2/c1-9-10(2)18(15(20)14(9)8-16)13-6-4-12(5-7-13)17-11(3)19/h4-7H,2H2,1,3H3,(H,17,19). The number of rotatable bonds is 2. The van der Waals surface area contributed by atoms with Crippen LogP contribution in [-0.2, 0) is 9.59 Å². The van der Waals surface area contributed by atoms with Crippen LogP contribution in [0.5, 0.6) is 0 Å². The van der Waals surface area contributed by atoms with Gasteiger partial charge in [0, 0.05) is 24.0 Å². The molecule has 0 spiro atoms. The molecule has 2 rings (SSSR count). The predicted octanol–water partition coefficient (Wildman–Crippen LogP) is 2.35. The second kappa shape index (κ2) is 5.02. The van der Waals surface area contributed by atoms with Crippen LogP contribution in [0.25, 0.3) is 0 Å². The van der Waals surface area contributed by atoms with Gasteiger partial charge in [0.25, 0.3) is 5.91 Å². The highest BCUT2D eigenvalue weighted by Crippen LogP contribution is 2.32. The van der Waals surface area contributed by atoms with E-state index in [2.05, 4.69) is 11.9 Å². The molecular formula is C15H13N3O2. The topological polar surface area (TPSA) is 73.2 Å². The summed E-state index contributed by atoms with van der Waals surface area (Å²) >= 11 is 0. The first kappa shape index (κ1) is 13.6. The monoisotopic (exact) mass is 267 g/mol. The third kappa shape index (κ3) is 2.19. The Labute approximate surface area is 116 Å². The second-order valence-corrected chi connectivity index (χ2v) is 4.43. The van der Waals surface area contributed by atoms with Crippen molar-refractivity contribution in [2.24, 2.45) is 0 Å². The molecule has 1 aliphatic rings. The van der Waals surface area contributed by atoms with E-state index in [0.29, 0.717) is 22.6 Å². The molecule has 100 valence electrons. The van der Waals surface area contributed by atoms with Gasteiger partial charge >= 0.3 is 0 Å². The molecule has 1 heterocycles. The smallest absolute Gasteiger partial charge is 0.273 e. The van der Waals surface area contributed by atoms with E-state index in [-0.39, 0.29) is 17.4 Å². The fourth-order valence-electron chi connectivity index (χ4n) is 2.01. The molecule has 0 unspecified atom stereocenters. The Morgan fingerprint density at radius 2 is 1.95 bits per heavy atom. The van der Waals surface area contributed by atoms with Crippen LogP contribution in [0.3, 0.4) is 0 Å². The normalized spacial score (nSPS) is 14.6. The van der Waals surface area contributed by atoms with Crippen molar-refractivity contribution in [2.75, 3.05) is 10.2 Å². The van der Waals surface area contributed by atoms with Crippen molar-refractivity contribution in [3.05, 3.63) is 47.7 Å². The molecule has 1 aromatic carbocycles. The van der Waals surface area contributed by atoms with E-state index in [1.807, 2.05) is 6.07 Å². The van der Waals surface area contributed by atoms with E-state index in [1.165, 1.54) is 11.8 Å². The second-order valence-electron chi connectivity index (χ2n) is 4.43. The largest absolute Gasteiger partial charge is 0.326 e. The minimum atomic E-state index is -0.373. The molecule has 0 saturated heterocycles. The molecule has 0 aliphatic carbocycles. The number of hydrogen-bond acceptors (Lipinski definition) is 3. The summed E-state index contributed by atoms with van der Waals surface area (Å²) in [5.74, 6) is -0.536. The van der Waals surface area contributed by atoms with Gasteiger partial charge in [-0.15, -0.1) is 0 Å². The van der Waals surface area contributed by atoms with Crippen molar-refractivity contribution >= 4 is 23.2 Å². The molecule has 0 atom stereocenters. The van der Waals surface area contributed by atoms with Crippen LogP contribution in [0, 0.1) is 11.3 Å². The number of benzene rings is 1. The van der Waals surface area contributed by atoms with E-state index in [0.717, 1.165) is 0 Å². The molecule has 1 aliphatic heterocycles. The van der Waals surface area contributed by atoms with Gasteiger partial charge in [0.1, 0.15) is 11.6 Å². The molecule has 5 nitrogen and oxygen atoms in total. The third-order valence-corrected chi connectivity index (χ3v) is 3.05. The molecule has 0 radical (unpaired) electrons. The first-order valence-electron chi connectivity index (χ1n) is 5.98. The first-order valence-corrected chi connectivity index (χ1v) is 5.98. The summed E-state index contributed by atoms with van der Waals surface area (Å²) in [6.45, 7) is 6.96. The maximum Gasteiger partial charge on any atom is 0.273 e. The van der Waals surface area contributed by atoms with Gasteiger partial charge in [-0.1, -0.05) is 6.58 Å². The molecule has 0 bridgehead atoms. The Morgan fingerprint density at radius 1 is 1.35 bits per heavy atom. The van der Waals surface area contributed by atoms with Crippen LogP contribution in [-0.4, -0.2) is 11.8 Å². The summed E-state index contributed by atoms with van der Waals surface area (Å²) in [6.07, 6.45) is 0. The highest BCUT2D eigenvalue weighted by molar-refractivity contribution is 6.15. The molecule has 0 aromatic heterocycles. The average Bonchev–Trinajstić information content (AvgIpc) is 2.61. The minimum Gasteiger partial charge on any atom is -0.326 e. The number of nitrogens with one attached hydrogen (secondary N) is 1. The average molecular weight is 267 g/mol. The van der Waals surface area contributed by atoms with Gasteiger partial charge in [0.05, 0.1) is 0 Å². The van der Waals surface area contributed by atoms with Gasteiger partial charge in [-0.3, -0.25) is 14.5 Å². The number of allylic oxidation sites excluding steroid dienone is 1. The summed E-state index contributed by atoms with van der Waals surface area (Å²) in [6, 6.07) is 8.68. The summed E-state index contributed by atoms with van der Waals surface area (Å²) in [5.41, 5.74) is 2.45. The highest BCUT2D eigenvalue weighted by atomic mass is 16.2. The van der Waals surface area contributed by atoms with E-state index < -0.39 is 0 Å². The summed E-state index contributed by atoms with van der Waals surface area (Å²) < 4.78 is 0. The summed E-state index contributed by atoms with van der Waals surface area (Å²) in [4.78, 5) is 24.5. The van der Waals surface area contributed by atoms with Crippen LogP contribution < -0.4 is 10.2 Å². The van der Waals surface area contributed by atoms with Gasteiger partial charge in [-0.2, -0.15) is 5.26 Å². The zero-order chi connectivity index (χ0) is 14.9. The quantitative estimate of drug-likeness (QED) is 0.893. The zero-order valence-electron chi connectivity index (χ0n) is 11.2. The number of amides is 2. The number of anilines is 2. The first-order chi connectivity index (χ1) is 9.45. The van der Waals surface area contributed by atoms with Crippen LogP contribution in [0.4, 0.5) is 11.4 Å². The van der Waals surface area contributed by atoms with Crippen molar-refractivity contribution in [1.29, 1.82) is 5.26 Å². The number of carbonyl (C=O) groups excluding carboxylic acids is 2. The molecule has 20 heavy (non-hydrogen) atoms. The predicted molar refractivity (Wildman–Crippen MR) is 75.7 cm³/mol. The van der Waals surface area contributed by atoms with Gasteiger partial charge in [0.15, 0.2) is 0 Å². The fourth-order valence-corrected chi connectivity index (χ4v) is 2.01. The Balaban J connectivity index is 2.31. The molecular weight excluding hydrogens is 254 g/mol. The summed E-state index contributed by atoms with van der Waals surface area (Å²) in [5, 5.41) is 11.6. The van der Waals surface area contributed by atoms with Crippen molar-refractivity contribution in [2.45, 2.75) is 13.8 Å². The van der Waals surface area contributed by atoms with E-state index in [9.17, 15) is 9.59 Å². The van der Waals surface area contributed by atoms with Crippen molar-refractivity contribution in [3.8, 4) is 6.07 Å². The van der Waals surface area contributed by atoms with Crippen molar-refractivity contribution in [3.63, 3.8) is 0 Å². The Morgan fingerprint density at radius 3 is 2.40 bits per heavy atom. The third-order valence-electron chi connectivity index (χ3n) is 3.05. The van der Waals surface area contributed by atoms with Crippen molar-refractivity contribution < 1.29 is 9.59 Å². The lowest BCUT2D eigenvalue weighted by Crippen LogP contribution is -2.24. The van der Waals surface area contributed by atoms with Gasteiger partial charge < -0.3 is 5.32 Å². The highest BCUT2D eigenvalue weighted by Gasteiger charge is 2.32. The Bertz CT molecular complexity index is 678. The SMILES string of the molecule is C=C1C(C)=C(C#N)C(=O)N1c1ccc(NC(C)=O)cc1. The maximum atomic E-state index is 12.1. The minimum absolute atomic E-state index is 0.112. The van der Waals surface area contributed by atoms with Crippen molar-refractivity contribution in [1.82, 2.24) is 0 Å². The molecule has 1 N–H and O–H groups in total. The number of nitriles is 1.